The van der Waals surface area contributed by atoms with E-state index in [1.54, 1.807) is 11.7 Å². The lowest BCUT2D eigenvalue weighted by atomic mass is 10.3. The molecule has 0 saturated heterocycles. The van der Waals surface area contributed by atoms with Gasteiger partial charge >= 0.3 is 0 Å². The van der Waals surface area contributed by atoms with Crippen LogP contribution in [0.1, 0.15) is 12.7 Å². The van der Waals surface area contributed by atoms with Gasteiger partial charge in [0.25, 0.3) is 0 Å². The molecule has 0 spiro atoms. The molecular weight excluding hydrogens is 140 g/mol. The Morgan fingerprint density at radius 3 is 2.91 bits per heavy atom. The number of nitrogens with two attached hydrogens (primary N) is 1. The van der Waals surface area contributed by atoms with Gasteiger partial charge in [0.15, 0.2) is 0 Å². The minimum absolute atomic E-state index is 0.119. The number of hydrogen-bond acceptors (Lipinski definition) is 3. The van der Waals surface area contributed by atoms with Crippen LogP contribution in [0.5, 0.6) is 0 Å². The molecule has 1 aromatic rings. The standard InChI is InChI=1S/C7H10N4/c1-6(8)3-4-7-9-5-10-11(7)2/h5-6H,8H2,1-2H3. The van der Waals surface area contributed by atoms with Crippen molar-refractivity contribution in [1.82, 2.24) is 14.8 Å². The van der Waals surface area contributed by atoms with E-state index < -0.39 is 0 Å². The highest BCUT2D eigenvalue weighted by Crippen LogP contribution is 1.85. The summed E-state index contributed by atoms with van der Waals surface area (Å²) in [5.41, 5.74) is 5.43. The Morgan fingerprint density at radius 1 is 1.73 bits per heavy atom. The van der Waals surface area contributed by atoms with Gasteiger partial charge in [-0.25, -0.2) is 9.67 Å². The van der Waals surface area contributed by atoms with Crippen LogP contribution in [-0.2, 0) is 7.05 Å². The van der Waals surface area contributed by atoms with E-state index in [4.69, 9.17) is 5.73 Å². The third kappa shape index (κ3) is 2.06. The summed E-state index contributed by atoms with van der Waals surface area (Å²) in [6.45, 7) is 1.82. The summed E-state index contributed by atoms with van der Waals surface area (Å²) in [7, 11) is 1.79. The van der Waals surface area contributed by atoms with E-state index in [0.717, 1.165) is 0 Å². The molecule has 0 amide bonds. The molecule has 2 N–H and O–H groups in total. The monoisotopic (exact) mass is 150 g/mol. The molecule has 4 heteroatoms. The number of rotatable bonds is 0. The van der Waals surface area contributed by atoms with Crippen LogP contribution < -0.4 is 5.73 Å². The zero-order valence-corrected chi connectivity index (χ0v) is 6.57. The van der Waals surface area contributed by atoms with Crippen molar-refractivity contribution in [1.29, 1.82) is 0 Å². The quantitative estimate of drug-likeness (QED) is 0.508. The first kappa shape index (κ1) is 7.76. The second-order valence-electron chi connectivity index (χ2n) is 2.27. The van der Waals surface area contributed by atoms with Gasteiger partial charge in [0.05, 0.1) is 6.04 Å². The Bertz CT molecular complexity index is 289. The molecule has 0 radical (unpaired) electrons. The normalized spacial score (nSPS) is 11.9. The van der Waals surface area contributed by atoms with Crippen molar-refractivity contribution in [2.45, 2.75) is 13.0 Å². The predicted molar refractivity (Wildman–Crippen MR) is 41.5 cm³/mol. The summed E-state index contributed by atoms with van der Waals surface area (Å²) >= 11 is 0. The molecule has 0 fully saturated rings. The molecule has 11 heavy (non-hydrogen) atoms. The Balaban J connectivity index is 2.81. The topological polar surface area (TPSA) is 56.7 Å². The Morgan fingerprint density at radius 2 is 2.45 bits per heavy atom. The van der Waals surface area contributed by atoms with Crippen LogP contribution in [-0.4, -0.2) is 20.8 Å². The molecule has 0 bridgehead atoms. The fourth-order valence-corrected chi connectivity index (χ4v) is 0.588. The first-order chi connectivity index (χ1) is 5.20. The molecule has 1 atom stereocenters. The predicted octanol–water partition coefficient (Wildman–Crippen LogP) is -0.486. The lowest BCUT2D eigenvalue weighted by Gasteiger charge is -1.89. The molecule has 58 valence electrons. The molecule has 1 aromatic heterocycles. The first-order valence-corrected chi connectivity index (χ1v) is 3.31. The highest BCUT2D eigenvalue weighted by molar-refractivity contribution is 5.21. The molecule has 1 unspecified atom stereocenters. The molecule has 0 aliphatic rings. The summed E-state index contributed by atoms with van der Waals surface area (Å²) in [4.78, 5) is 3.91. The van der Waals surface area contributed by atoms with Crippen molar-refractivity contribution in [2.24, 2.45) is 12.8 Å². The SMILES string of the molecule is CC(N)C#Cc1ncnn1C. The van der Waals surface area contributed by atoms with Gasteiger partial charge in [-0.3, -0.25) is 0 Å². The Hall–Kier alpha value is -1.34. The maximum atomic E-state index is 5.43. The van der Waals surface area contributed by atoms with Crippen LogP contribution in [0, 0.1) is 11.8 Å². The number of aryl methyl sites for hydroxylation is 1. The van der Waals surface area contributed by atoms with E-state index in [1.807, 2.05) is 6.92 Å². The summed E-state index contributed by atoms with van der Waals surface area (Å²) in [5.74, 6) is 6.24. The maximum Gasteiger partial charge on any atom is 0.203 e. The van der Waals surface area contributed by atoms with Crippen LogP contribution in [0.15, 0.2) is 6.33 Å². The second kappa shape index (κ2) is 3.17. The van der Waals surface area contributed by atoms with E-state index in [-0.39, 0.29) is 6.04 Å². The maximum absolute atomic E-state index is 5.43. The van der Waals surface area contributed by atoms with Crippen molar-refractivity contribution < 1.29 is 0 Å². The Labute approximate surface area is 65.4 Å². The molecule has 1 rings (SSSR count). The molecule has 0 saturated carbocycles. The van der Waals surface area contributed by atoms with Gasteiger partial charge < -0.3 is 5.73 Å². The third-order valence-corrected chi connectivity index (χ3v) is 1.12. The van der Waals surface area contributed by atoms with Gasteiger partial charge in [-0.15, -0.1) is 0 Å². The van der Waals surface area contributed by atoms with Gasteiger partial charge in [0.2, 0.25) is 5.82 Å². The average Bonchev–Trinajstić information content (AvgIpc) is 2.31. The largest absolute Gasteiger partial charge is 0.318 e. The van der Waals surface area contributed by atoms with Gasteiger partial charge in [-0.2, -0.15) is 5.10 Å². The fourth-order valence-electron chi connectivity index (χ4n) is 0.588. The smallest absolute Gasteiger partial charge is 0.203 e. The van der Waals surface area contributed by atoms with Crippen molar-refractivity contribution >= 4 is 0 Å². The summed E-state index contributed by atoms with van der Waals surface area (Å²) < 4.78 is 1.61. The Kier molecular flexibility index (Phi) is 2.24. The third-order valence-electron chi connectivity index (χ3n) is 1.12. The second-order valence-corrected chi connectivity index (χ2v) is 2.27. The number of nitrogens with zero attached hydrogens (tertiary/aromatic N) is 3. The first-order valence-electron chi connectivity index (χ1n) is 3.31. The fraction of sp³-hybridized carbons (Fsp3) is 0.429. The average molecular weight is 150 g/mol. The van der Waals surface area contributed by atoms with E-state index in [9.17, 15) is 0 Å². The number of hydrogen-bond donors (Lipinski definition) is 1. The van der Waals surface area contributed by atoms with Crippen LogP contribution in [0.2, 0.25) is 0 Å². The highest BCUT2D eigenvalue weighted by atomic mass is 15.3. The van der Waals surface area contributed by atoms with Crippen LogP contribution in [0.25, 0.3) is 0 Å². The molecule has 0 aromatic carbocycles. The van der Waals surface area contributed by atoms with Gasteiger partial charge in [0, 0.05) is 7.05 Å². The zero-order valence-electron chi connectivity index (χ0n) is 6.57. The van der Waals surface area contributed by atoms with Crippen molar-refractivity contribution in [3.05, 3.63) is 12.2 Å². The molecule has 1 heterocycles. The molecular formula is C7H10N4. The molecule has 0 aliphatic heterocycles. The number of aromatic nitrogens is 3. The van der Waals surface area contributed by atoms with Crippen LogP contribution >= 0.6 is 0 Å². The van der Waals surface area contributed by atoms with Gasteiger partial charge in [-0.1, -0.05) is 5.92 Å². The van der Waals surface area contributed by atoms with Gasteiger partial charge in [0.1, 0.15) is 6.33 Å². The van der Waals surface area contributed by atoms with Crippen molar-refractivity contribution in [3.8, 4) is 11.8 Å². The minimum atomic E-state index is -0.119. The lowest BCUT2D eigenvalue weighted by Crippen LogP contribution is -2.11. The molecule has 4 nitrogen and oxygen atoms in total. The van der Waals surface area contributed by atoms with E-state index in [2.05, 4.69) is 21.9 Å². The van der Waals surface area contributed by atoms with Crippen molar-refractivity contribution in [3.63, 3.8) is 0 Å². The van der Waals surface area contributed by atoms with Crippen LogP contribution in [0.3, 0.4) is 0 Å². The molecule has 0 aliphatic carbocycles. The van der Waals surface area contributed by atoms with Crippen LogP contribution in [0.4, 0.5) is 0 Å². The van der Waals surface area contributed by atoms with E-state index >= 15 is 0 Å². The summed E-state index contributed by atoms with van der Waals surface area (Å²) in [5, 5.41) is 3.86. The summed E-state index contributed by atoms with van der Waals surface area (Å²) in [6, 6.07) is -0.119. The van der Waals surface area contributed by atoms with Crippen molar-refractivity contribution in [2.75, 3.05) is 0 Å². The van der Waals surface area contributed by atoms with E-state index in [1.165, 1.54) is 6.33 Å². The van der Waals surface area contributed by atoms with Gasteiger partial charge in [-0.05, 0) is 12.8 Å². The lowest BCUT2D eigenvalue weighted by molar-refractivity contribution is 0.754. The zero-order chi connectivity index (χ0) is 8.27. The summed E-state index contributed by atoms with van der Waals surface area (Å²) in [6.07, 6.45) is 1.46. The minimum Gasteiger partial charge on any atom is -0.318 e. The van der Waals surface area contributed by atoms with E-state index in [0.29, 0.717) is 5.82 Å². The highest BCUT2D eigenvalue weighted by Gasteiger charge is 1.92.